The summed E-state index contributed by atoms with van der Waals surface area (Å²) in [6.07, 6.45) is 2.81. The summed E-state index contributed by atoms with van der Waals surface area (Å²) in [5.41, 5.74) is 1.28. The topological polar surface area (TPSA) is 98.9 Å². The molecule has 0 saturated heterocycles. The summed E-state index contributed by atoms with van der Waals surface area (Å²) >= 11 is 1.45. The fourth-order valence-electron chi connectivity index (χ4n) is 3.10. The third kappa shape index (κ3) is 4.29. The van der Waals surface area contributed by atoms with E-state index >= 15 is 0 Å². The van der Waals surface area contributed by atoms with Crippen molar-refractivity contribution in [3.63, 3.8) is 0 Å². The molecule has 3 rings (SSSR count). The highest BCUT2D eigenvalue weighted by molar-refractivity contribution is 7.99. The highest BCUT2D eigenvalue weighted by Crippen LogP contribution is 2.25. The van der Waals surface area contributed by atoms with Crippen molar-refractivity contribution in [2.75, 3.05) is 12.3 Å². The van der Waals surface area contributed by atoms with Crippen LogP contribution in [0.4, 0.5) is 0 Å². The molecular formula is C18H23N5O3S. The van der Waals surface area contributed by atoms with Gasteiger partial charge in [-0.25, -0.2) is 9.67 Å². The van der Waals surface area contributed by atoms with Crippen LogP contribution in [0.5, 0.6) is 0 Å². The minimum absolute atomic E-state index is 0.0421. The number of nitrogens with one attached hydrogen (secondary N) is 1. The van der Waals surface area contributed by atoms with Crippen LogP contribution in [-0.2, 0) is 24.3 Å². The van der Waals surface area contributed by atoms with E-state index in [0.29, 0.717) is 48.9 Å². The number of aryl methyl sites for hydroxylation is 2. The van der Waals surface area contributed by atoms with Crippen LogP contribution in [-0.4, -0.2) is 37.5 Å². The predicted molar refractivity (Wildman–Crippen MR) is 103 cm³/mol. The molecule has 1 atom stereocenters. The monoisotopic (exact) mass is 389 g/mol. The lowest BCUT2D eigenvalue weighted by atomic mass is 10.1. The first-order valence-electron chi connectivity index (χ1n) is 9.04. The number of amides is 1. The molecule has 8 nitrogen and oxygen atoms in total. The van der Waals surface area contributed by atoms with Crippen molar-refractivity contribution in [3.8, 4) is 0 Å². The van der Waals surface area contributed by atoms with Gasteiger partial charge in [-0.3, -0.25) is 19.0 Å². The summed E-state index contributed by atoms with van der Waals surface area (Å²) in [4.78, 5) is 41.2. The number of hydrogen-bond acceptors (Lipinski definition) is 6. The normalized spacial score (nSPS) is 16.0. The fraction of sp³-hybridized carbons (Fsp3) is 0.500. The average molecular weight is 389 g/mol. The summed E-state index contributed by atoms with van der Waals surface area (Å²) in [6.45, 7) is 5.05. The van der Waals surface area contributed by atoms with E-state index in [2.05, 4.69) is 15.4 Å². The highest BCUT2D eigenvalue weighted by Gasteiger charge is 2.27. The first kappa shape index (κ1) is 19.3. The van der Waals surface area contributed by atoms with E-state index in [4.69, 9.17) is 0 Å². The van der Waals surface area contributed by atoms with Crippen molar-refractivity contribution < 1.29 is 4.79 Å². The van der Waals surface area contributed by atoms with Crippen LogP contribution >= 0.6 is 11.8 Å². The van der Waals surface area contributed by atoms with E-state index in [0.717, 1.165) is 5.69 Å². The fourth-order valence-corrected chi connectivity index (χ4v) is 4.22. The number of aromatic nitrogens is 4. The van der Waals surface area contributed by atoms with Crippen molar-refractivity contribution in [2.45, 2.75) is 44.9 Å². The van der Waals surface area contributed by atoms with E-state index in [-0.39, 0.29) is 22.9 Å². The van der Waals surface area contributed by atoms with E-state index in [1.165, 1.54) is 22.5 Å². The molecule has 144 valence electrons. The second-order valence-electron chi connectivity index (χ2n) is 6.47. The van der Waals surface area contributed by atoms with Gasteiger partial charge in [0.05, 0.1) is 5.92 Å². The lowest BCUT2D eigenvalue weighted by Gasteiger charge is -2.25. The molecule has 0 saturated carbocycles. The van der Waals surface area contributed by atoms with Crippen LogP contribution in [0.25, 0.3) is 0 Å². The molecule has 0 bridgehead atoms. The Kier molecular flexibility index (Phi) is 6.10. The summed E-state index contributed by atoms with van der Waals surface area (Å²) in [5.74, 6) is 0.252. The van der Waals surface area contributed by atoms with Crippen LogP contribution < -0.4 is 16.4 Å². The molecule has 0 unspecified atom stereocenters. The molecule has 0 radical (unpaired) electrons. The molecule has 2 aromatic rings. The Morgan fingerprint density at radius 3 is 2.96 bits per heavy atom. The number of thioether (sulfide) groups is 1. The van der Waals surface area contributed by atoms with Crippen LogP contribution in [0.3, 0.4) is 0 Å². The van der Waals surface area contributed by atoms with Gasteiger partial charge in [-0.1, -0.05) is 18.7 Å². The second kappa shape index (κ2) is 8.51. The average Bonchev–Trinajstić information content (AvgIpc) is 2.66. The molecule has 1 N–H and O–H groups in total. The predicted octanol–water partition coefficient (Wildman–Crippen LogP) is 0.599. The summed E-state index contributed by atoms with van der Waals surface area (Å²) in [5, 5.41) is 7.58. The van der Waals surface area contributed by atoms with Gasteiger partial charge in [0.25, 0.3) is 11.1 Å². The Hall–Kier alpha value is -2.42. The largest absolute Gasteiger partial charge is 0.356 e. The zero-order valence-electron chi connectivity index (χ0n) is 15.5. The first-order chi connectivity index (χ1) is 13.0. The molecule has 2 aromatic heterocycles. The molecule has 3 heterocycles. The number of carbonyl (C=O) groups excluding carboxylic acids is 1. The van der Waals surface area contributed by atoms with Gasteiger partial charge < -0.3 is 5.32 Å². The third-order valence-corrected chi connectivity index (χ3v) is 5.75. The third-order valence-electron chi connectivity index (χ3n) is 4.61. The van der Waals surface area contributed by atoms with Gasteiger partial charge >= 0.3 is 0 Å². The maximum atomic E-state index is 12.6. The maximum Gasteiger partial charge on any atom is 0.266 e. The van der Waals surface area contributed by atoms with Gasteiger partial charge in [-0.05, 0) is 25.8 Å². The molecule has 1 aliphatic heterocycles. The van der Waals surface area contributed by atoms with E-state index < -0.39 is 0 Å². The minimum Gasteiger partial charge on any atom is -0.356 e. The number of hydrogen-bond donors (Lipinski definition) is 1. The summed E-state index contributed by atoms with van der Waals surface area (Å²) in [6, 6.07) is 3.06. The minimum atomic E-state index is -0.271. The van der Waals surface area contributed by atoms with Crippen molar-refractivity contribution >= 4 is 17.7 Å². The molecule has 0 spiro atoms. The molecule has 0 fully saturated rings. The van der Waals surface area contributed by atoms with Crippen molar-refractivity contribution in [1.82, 2.24) is 24.6 Å². The molecule has 0 aromatic carbocycles. The SMILES string of the molecule is CCc1c(C)nc2n(c1=O)C[C@@H](C(=O)NCCCn1ncccc1=O)CS2. The van der Waals surface area contributed by atoms with Crippen molar-refractivity contribution in [1.29, 1.82) is 0 Å². The molecule has 9 heteroatoms. The summed E-state index contributed by atoms with van der Waals surface area (Å²) < 4.78 is 3.00. The van der Waals surface area contributed by atoms with Gasteiger partial charge in [-0.15, -0.1) is 0 Å². The Morgan fingerprint density at radius 2 is 2.22 bits per heavy atom. The van der Waals surface area contributed by atoms with Gasteiger partial charge in [0, 0.05) is 48.9 Å². The Morgan fingerprint density at radius 1 is 1.41 bits per heavy atom. The molecular weight excluding hydrogens is 366 g/mol. The Labute approximate surface area is 161 Å². The maximum absolute atomic E-state index is 12.6. The van der Waals surface area contributed by atoms with Crippen LogP contribution in [0.2, 0.25) is 0 Å². The van der Waals surface area contributed by atoms with Gasteiger partial charge in [-0.2, -0.15) is 5.10 Å². The van der Waals surface area contributed by atoms with E-state index in [1.54, 1.807) is 16.8 Å². The quantitative estimate of drug-likeness (QED) is 0.574. The number of nitrogens with zero attached hydrogens (tertiary/aromatic N) is 4. The lowest BCUT2D eigenvalue weighted by molar-refractivity contribution is -0.124. The van der Waals surface area contributed by atoms with Crippen LogP contribution in [0.1, 0.15) is 24.6 Å². The molecule has 0 aliphatic carbocycles. The number of carbonyl (C=O) groups is 1. The molecule has 27 heavy (non-hydrogen) atoms. The van der Waals surface area contributed by atoms with Crippen LogP contribution in [0, 0.1) is 12.8 Å². The second-order valence-corrected chi connectivity index (χ2v) is 7.45. The summed E-state index contributed by atoms with van der Waals surface area (Å²) in [7, 11) is 0. The van der Waals surface area contributed by atoms with Crippen LogP contribution in [0.15, 0.2) is 33.1 Å². The Balaban J connectivity index is 1.57. The standard InChI is InChI=1S/C18H23N5O3S/c1-3-14-12(2)21-18-22(17(14)26)10-13(11-27-18)16(25)19-7-5-9-23-15(24)6-4-8-20-23/h4,6,8,13H,3,5,7,9-11H2,1-2H3,(H,19,25)/t13-/m1/s1. The first-order valence-corrected chi connectivity index (χ1v) is 10.0. The van der Waals surface area contributed by atoms with E-state index in [1.807, 2.05) is 13.8 Å². The highest BCUT2D eigenvalue weighted by atomic mass is 32.2. The van der Waals surface area contributed by atoms with Crippen molar-refractivity contribution in [3.05, 3.63) is 50.3 Å². The zero-order chi connectivity index (χ0) is 19.4. The smallest absolute Gasteiger partial charge is 0.266 e. The van der Waals surface area contributed by atoms with Gasteiger partial charge in [0.2, 0.25) is 5.91 Å². The van der Waals surface area contributed by atoms with E-state index in [9.17, 15) is 14.4 Å². The zero-order valence-corrected chi connectivity index (χ0v) is 16.3. The number of fused-ring (bicyclic) bond motifs is 1. The Bertz CT molecular complexity index is 953. The molecule has 1 amide bonds. The lowest BCUT2D eigenvalue weighted by Crippen LogP contribution is -2.41. The molecule has 1 aliphatic rings. The van der Waals surface area contributed by atoms with Gasteiger partial charge in [0.15, 0.2) is 5.16 Å². The van der Waals surface area contributed by atoms with Gasteiger partial charge in [0.1, 0.15) is 0 Å². The number of rotatable bonds is 6. The van der Waals surface area contributed by atoms with Crippen molar-refractivity contribution in [2.24, 2.45) is 5.92 Å².